The summed E-state index contributed by atoms with van der Waals surface area (Å²) < 4.78 is 5.29. The van der Waals surface area contributed by atoms with Crippen LogP contribution in [0, 0.1) is 0 Å². The van der Waals surface area contributed by atoms with Crippen molar-refractivity contribution in [2.24, 2.45) is 5.73 Å². The Bertz CT molecular complexity index is 486. The molecule has 4 nitrogen and oxygen atoms in total. The average molecular weight is 307 g/mol. The molecule has 1 fully saturated rings. The second-order valence-electron chi connectivity index (χ2n) is 5.69. The fourth-order valence-electron chi connectivity index (χ4n) is 2.76. The number of benzene rings is 1. The molecule has 0 aromatic heterocycles. The minimum Gasteiger partial charge on any atom is -0.496 e. The number of rotatable bonds is 7. The van der Waals surface area contributed by atoms with Gasteiger partial charge in [-0.05, 0) is 50.7 Å². The third kappa shape index (κ3) is 4.66. The summed E-state index contributed by atoms with van der Waals surface area (Å²) >= 11 is 5.09. The van der Waals surface area contributed by atoms with Gasteiger partial charge in [0.1, 0.15) is 10.7 Å². The largest absolute Gasteiger partial charge is 0.496 e. The van der Waals surface area contributed by atoms with Gasteiger partial charge in [-0.1, -0.05) is 18.3 Å². The normalized spacial score (nSPS) is 15.6. The molecule has 0 amide bonds. The zero-order chi connectivity index (χ0) is 15.2. The highest BCUT2D eigenvalue weighted by Crippen LogP contribution is 2.20. The monoisotopic (exact) mass is 307 g/mol. The van der Waals surface area contributed by atoms with Crippen LogP contribution in [0.5, 0.6) is 5.75 Å². The molecule has 5 heteroatoms. The number of nitrogens with two attached hydrogens (primary N) is 1. The van der Waals surface area contributed by atoms with E-state index in [9.17, 15) is 0 Å². The van der Waals surface area contributed by atoms with Crippen LogP contribution in [0.4, 0.5) is 0 Å². The maximum Gasteiger partial charge on any atom is 0.129 e. The lowest BCUT2D eigenvalue weighted by molar-refractivity contribution is 0.252. The predicted octanol–water partition coefficient (Wildman–Crippen LogP) is 1.86. The van der Waals surface area contributed by atoms with E-state index >= 15 is 0 Å². The van der Waals surface area contributed by atoms with E-state index in [1.54, 1.807) is 7.11 Å². The van der Waals surface area contributed by atoms with Crippen LogP contribution in [-0.2, 0) is 6.54 Å². The SMILES string of the molecule is COc1ccc(CN(C)CCN2CCCC2)cc1C(N)=S. The van der Waals surface area contributed by atoms with Crippen LogP contribution in [-0.4, -0.2) is 55.1 Å². The number of ether oxygens (including phenoxy) is 1. The minimum absolute atomic E-state index is 0.383. The Morgan fingerprint density at radius 1 is 1.38 bits per heavy atom. The van der Waals surface area contributed by atoms with Gasteiger partial charge in [0.05, 0.1) is 12.7 Å². The summed E-state index contributed by atoms with van der Waals surface area (Å²) in [4.78, 5) is 5.25. The predicted molar refractivity (Wildman–Crippen MR) is 90.9 cm³/mol. The van der Waals surface area contributed by atoms with Gasteiger partial charge in [-0.15, -0.1) is 0 Å². The van der Waals surface area contributed by atoms with Gasteiger partial charge < -0.3 is 20.3 Å². The standard InChI is InChI=1S/C16H25N3OS/c1-18(9-10-19-7-3-4-8-19)12-13-5-6-15(20-2)14(11-13)16(17)21/h5-6,11H,3-4,7-10,12H2,1-2H3,(H2,17,21). The molecular formula is C16H25N3OS. The first-order valence-electron chi connectivity index (χ1n) is 7.48. The molecule has 1 aliphatic heterocycles. The lowest BCUT2D eigenvalue weighted by atomic mass is 10.1. The number of likely N-dealkylation sites (N-methyl/N-ethyl adjacent to an activating group) is 1. The molecule has 21 heavy (non-hydrogen) atoms. The molecule has 0 atom stereocenters. The van der Waals surface area contributed by atoms with E-state index in [1.165, 1.54) is 31.5 Å². The van der Waals surface area contributed by atoms with Crippen LogP contribution in [0.3, 0.4) is 0 Å². The number of hydrogen-bond acceptors (Lipinski definition) is 4. The van der Waals surface area contributed by atoms with Crippen molar-refractivity contribution in [2.75, 3.05) is 40.3 Å². The van der Waals surface area contributed by atoms with E-state index in [4.69, 9.17) is 22.7 Å². The van der Waals surface area contributed by atoms with Gasteiger partial charge in [0.2, 0.25) is 0 Å². The van der Waals surface area contributed by atoms with Crippen LogP contribution in [0.1, 0.15) is 24.0 Å². The van der Waals surface area contributed by atoms with Crippen LogP contribution in [0.25, 0.3) is 0 Å². The average Bonchev–Trinajstić information content (AvgIpc) is 2.98. The summed E-state index contributed by atoms with van der Waals surface area (Å²) in [5, 5.41) is 0. The Morgan fingerprint density at radius 3 is 2.71 bits per heavy atom. The number of methoxy groups -OCH3 is 1. The molecule has 2 rings (SSSR count). The van der Waals surface area contributed by atoms with Crippen molar-refractivity contribution in [3.05, 3.63) is 29.3 Å². The Hall–Kier alpha value is -1.17. The van der Waals surface area contributed by atoms with Gasteiger partial charge in [0.15, 0.2) is 0 Å². The van der Waals surface area contributed by atoms with Crippen molar-refractivity contribution >= 4 is 17.2 Å². The Balaban J connectivity index is 1.92. The van der Waals surface area contributed by atoms with Gasteiger partial charge in [-0.25, -0.2) is 0 Å². The first-order valence-corrected chi connectivity index (χ1v) is 7.88. The number of likely N-dealkylation sites (tertiary alicyclic amines) is 1. The van der Waals surface area contributed by atoms with Gasteiger partial charge in [0, 0.05) is 19.6 Å². The molecule has 0 saturated carbocycles. The summed E-state index contributed by atoms with van der Waals surface area (Å²) in [6, 6.07) is 6.05. The zero-order valence-corrected chi connectivity index (χ0v) is 13.8. The molecule has 1 aromatic rings. The highest BCUT2D eigenvalue weighted by atomic mass is 32.1. The summed E-state index contributed by atoms with van der Waals surface area (Å²) in [6.07, 6.45) is 2.69. The van der Waals surface area contributed by atoms with E-state index < -0.39 is 0 Å². The first kappa shape index (κ1) is 16.2. The minimum atomic E-state index is 0.383. The lowest BCUT2D eigenvalue weighted by Crippen LogP contribution is -2.31. The highest BCUT2D eigenvalue weighted by Gasteiger charge is 2.12. The molecule has 1 saturated heterocycles. The second-order valence-corrected chi connectivity index (χ2v) is 6.13. The van der Waals surface area contributed by atoms with Crippen molar-refractivity contribution in [3.8, 4) is 5.75 Å². The van der Waals surface area contributed by atoms with Crippen LogP contribution >= 0.6 is 12.2 Å². The molecule has 2 N–H and O–H groups in total. The van der Waals surface area contributed by atoms with Crippen LogP contribution in [0.2, 0.25) is 0 Å². The summed E-state index contributed by atoms with van der Waals surface area (Å²) in [7, 11) is 3.79. The molecule has 0 spiro atoms. The Morgan fingerprint density at radius 2 is 2.10 bits per heavy atom. The molecule has 1 aliphatic rings. The van der Waals surface area contributed by atoms with Crippen molar-refractivity contribution in [3.63, 3.8) is 0 Å². The molecule has 0 bridgehead atoms. The van der Waals surface area contributed by atoms with Crippen LogP contribution in [0.15, 0.2) is 18.2 Å². The Labute approximate surface area is 132 Å². The van der Waals surface area contributed by atoms with Gasteiger partial charge >= 0.3 is 0 Å². The van der Waals surface area contributed by atoms with Crippen molar-refractivity contribution in [1.82, 2.24) is 9.80 Å². The molecule has 1 aromatic carbocycles. The maximum atomic E-state index is 5.76. The van der Waals surface area contributed by atoms with E-state index in [0.717, 1.165) is 30.9 Å². The number of thiocarbonyl (C=S) groups is 1. The third-order valence-electron chi connectivity index (χ3n) is 3.98. The quantitative estimate of drug-likeness (QED) is 0.779. The highest BCUT2D eigenvalue weighted by molar-refractivity contribution is 7.80. The summed E-state index contributed by atoms with van der Waals surface area (Å²) in [5.74, 6) is 0.742. The van der Waals surface area contributed by atoms with Crippen LogP contribution < -0.4 is 10.5 Å². The summed E-state index contributed by atoms with van der Waals surface area (Å²) in [5.41, 5.74) is 7.79. The smallest absolute Gasteiger partial charge is 0.129 e. The molecule has 0 radical (unpaired) electrons. The molecule has 1 heterocycles. The van der Waals surface area contributed by atoms with E-state index in [0.29, 0.717) is 4.99 Å². The summed E-state index contributed by atoms with van der Waals surface area (Å²) in [6.45, 7) is 5.63. The number of hydrogen-bond donors (Lipinski definition) is 1. The molecule has 0 aliphatic carbocycles. The van der Waals surface area contributed by atoms with Gasteiger partial charge in [0.25, 0.3) is 0 Å². The lowest BCUT2D eigenvalue weighted by Gasteiger charge is -2.21. The topological polar surface area (TPSA) is 41.7 Å². The molecular weight excluding hydrogens is 282 g/mol. The third-order valence-corrected chi connectivity index (χ3v) is 4.20. The van der Waals surface area contributed by atoms with Gasteiger partial charge in [-0.3, -0.25) is 0 Å². The van der Waals surface area contributed by atoms with Crippen molar-refractivity contribution < 1.29 is 4.74 Å². The van der Waals surface area contributed by atoms with E-state index in [2.05, 4.69) is 22.9 Å². The Kier molecular flexibility index (Phi) is 5.96. The fourth-order valence-corrected chi connectivity index (χ4v) is 2.91. The second kappa shape index (κ2) is 7.73. The molecule has 116 valence electrons. The van der Waals surface area contributed by atoms with E-state index in [1.807, 2.05) is 12.1 Å². The fraction of sp³-hybridized carbons (Fsp3) is 0.562. The first-order chi connectivity index (χ1) is 10.1. The van der Waals surface area contributed by atoms with Crippen molar-refractivity contribution in [1.29, 1.82) is 0 Å². The zero-order valence-electron chi connectivity index (χ0n) is 13.0. The molecule has 0 unspecified atom stereocenters. The number of nitrogens with zero attached hydrogens (tertiary/aromatic N) is 2. The van der Waals surface area contributed by atoms with E-state index in [-0.39, 0.29) is 0 Å². The van der Waals surface area contributed by atoms with Gasteiger partial charge in [-0.2, -0.15) is 0 Å². The van der Waals surface area contributed by atoms with Crippen molar-refractivity contribution in [2.45, 2.75) is 19.4 Å². The maximum absolute atomic E-state index is 5.76.